The maximum atomic E-state index is 14.3. The fourth-order valence-electron chi connectivity index (χ4n) is 7.33. The quantitative estimate of drug-likeness (QED) is 0.372. The van der Waals surface area contributed by atoms with Gasteiger partial charge in [-0.15, -0.1) is 0 Å². The third-order valence-corrected chi connectivity index (χ3v) is 12.2. The molecule has 5 atom stereocenters. The number of nitrogens with one attached hydrogen (secondary N) is 3. The number of hydrogen-bond donors (Lipinski definition) is 3. The monoisotopic (exact) mass is 781 g/mol. The van der Waals surface area contributed by atoms with E-state index in [0.29, 0.717) is 44.1 Å². The third-order valence-electron chi connectivity index (χ3n) is 10.3. The second kappa shape index (κ2) is 14.7. The summed E-state index contributed by atoms with van der Waals surface area (Å²) in [6.45, 7) is 4.18. The summed E-state index contributed by atoms with van der Waals surface area (Å²) in [6, 6.07) is 1.22. The van der Waals surface area contributed by atoms with Crippen molar-refractivity contribution in [3.05, 3.63) is 47.0 Å². The third kappa shape index (κ3) is 8.78. The molecule has 0 aromatic heterocycles. The van der Waals surface area contributed by atoms with E-state index >= 15 is 0 Å². The average molecular weight is 782 g/mol. The van der Waals surface area contributed by atoms with Crippen molar-refractivity contribution in [2.24, 2.45) is 5.92 Å². The van der Waals surface area contributed by atoms with E-state index in [1.807, 2.05) is 6.08 Å². The van der Waals surface area contributed by atoms with Crippen molar-refractivity contribution in [2.45, 2.75) is 132 Å². The van der Waals surface area contributed by atoms with Gasteiger partial charge in [-0.1, -0.05) is 37.1 Å². The van der Waals surface area contributed by atoms with Crippen LogP contribution in [0.15, 0.2) is 30.4 Å². The summed E-state index contributed by atoms with van der Waals surface area (Å²) in [6.07, 6.45) is -0.462. The maximum Gasteiger partial charge on any atom is 0.416 e. The zero-order chi connectivity index (χ0) is 39.2. The van der Waals surface area contributed by atoms with E-state index in [-0.39, 0.29) is 44.5 Å². The number of carbonyl (C=O) groups is 5. The van der Waals surface area contributed by atoms with Crippen LogP contribution >= 0.6 is 0 Å². The Morgan fingerprint density at radius 1 is 1.02 bits per heavy atom. The number of amides is 5. The first-order chi connectivity index (χ1) is 25.3. The molecule has 1 saturated heterocycles. The van der Waals surface area contributed by atoms with E-state index in [1.54, 1.807) is 26.8 Å². The van der Waals surface area contributed by atoms with Crippen molar-refractivity contribution in [1.82, 2.24) is 25.2 Å². The molecule has 14 nitrogen and oxygen atoms in total. The normalized spacial score (nSPS) is 28.3. The van der Waals surface area contributed by atoms with Gasteiger partial charge in [0.2, 0.25) is 21.8 Å². The fraction of sp³-hybridized carbons (Fsp3) is 0.639. The Morgan fingerprint density at radius 2 is 1.76 bits per heavy atom. The number of sulfonamides is 1. The van der Waals surface area contributed by atoms with E-state index in [4.69, 9.17) is 9.47 Å². The molecule has 2 aliphatic carbocycles. The average Bonchev–Trinajstić information content (AvgIpc) is 3.95. The minimum Gasteiger partial charge on any atom is -0.444 e. The number of nitrogens with zero attached hydrogens (tertiary/aromatic N) is 2. The molecule has 0 bridgehead atoms. The van der Waals surface area contributed by atoms with Crippen LogP contribution in [0.3, 0.4) is 0 Å². The van der Waals surface area contributed by atoms with Gasteiger partial charge >= 0.3 is 18.4 Å². The molecular formula is C36H46F3N5O9S. The van der Waals surface area contributed by atoms with Crippen LogP contribution < -0.4 is 15.4 Å². The van der Waals surface area contributed by atoms with Gasteiger partial charge in [0.15, 0.2) is 0 Å². The van der Waals surface area contributed by atoms with E-state index in [9.17, 15) is 45.6 Å². The molecule has 2 saturated carbocycles. The van der Waals surface area contributed by atoms with E-state index < -0.39 is 92.2 Å². The minimum atomic E-state index is -4.63. The highest BCUT2D eigenvalue weighted by Crippen LogP contribution is 2.46. The molecule has 18 heteroatoms. The van der Waals surface area contributed by atoms with Crippen LogP contribution in [-0.2, 0) is 53.1 Å². The van der Waals surface area contributed by atoms with Gasteiger partial charge < -0.3 is 25.0 Å². The Labute approximate surface area is 311 Å². The summed E-state index contributed by atoms with van der Waals surface area (Å²) >= 11 is 0. The summed E-state index contributed by atoms with van der Waals surface area (Å²) < 4.78 is 79.9. The van der Waals surface area contributed by atoms with Crippen molar-refractivity contribution in [2.75, 3.05) is 6.54 Å². The number of halogens is 3. The van der Waals surface area contributed by atoms with Gasteiger partial charge in [-0.25, -0.2) is 18.0 Å². The maximum absolute atomic E-state index is 14.3. The summed E-state index contributed by atoms with van der Waals surface area (Å²) in [4.78, 5) is 70.7. The number of fused-ring (bicyclic) bond motifs is 3. The van der Waals surface area contributed by atoms with Gasteiger partial charge in [0.1, 0.15) is 29.3 Å². The summed E-state index contributed by atoms with van der Waals surface area (Å²) in [7, 11) is -3.97. The first-order valence-corrected chi connectivity index (χ1v) is 19.8. The lowest BCUT2D eigenvalue weighted by Gasteiger charge is -2.30. The zero-order valence-electron chi connectivity index (χ0n) is 30.4. The number of alkyl carbamates (subject to hydrolysis) is 1. The molecule has 3 N–H and O–H groups in total. The SMILES string of the molecule is CC(C)(C)OC(=O)N[C@H]1CCCCC/C=C\[C@@H]2C[C@@]2(C(=O)NS(=O)(=O)C2CC2)NC(=O)[C@@H]2C[C@@H](OC(=O)N3Cc4cccc(C(F)(F)F)c4C3)CN2C1=O. The summed E-state index contributed by atoms with van der Waals surface area (Å²) in [5.74, 6) is -2.89. The molecule has 3 aliphatic heterocycles. The molecule has 1 aromatic carbocycles. The lowest BCUT2D eigenvalue weighted by Crippen LogP contribution is -2.58. The van der Waals surface area contributed by atoms with E-state index in [1.165, 1.54) is 12.1 Å². The number of benzene rings is 1. The lowest BCUT2D eigenvalue weighted by molar-refractivity contribution is -0.141. The number of ether oxygens (including phenoxy) is 2. The standard InChI is InChI=1S/C36H46F3N5O9S/c1-34(2,3)53-32(48)40-27-13-8-6-4-5-7-11-22-17-35(22,31(47)42-54(50,51)24-14-15-24)41-29(45)28-16-23(19-44(28)30(27)46)52-33(49)43-18-21-10-9-12-26(25(21)20-43)36(37,38)39/h7,9-12,22-24,27-28H,4-6,8,13-20H2,1-3H3,(H,40,48)(H,41,45)(H,42,47)/b11-7-/t22-,23-,27+,28+,35-/m1/s1. The lowest BCUT2D eigenvalue weighted by atomic mass is 10.0. The van der Waals surface area contributed by atoms with Gasteiger partial charge in [0.05, 0.1) is 23.9 Å². The molecule has 5 aliphatic rings. The van der Waals surface area contributed by atoms with Crippen molar-refractivity contribution < 1.29 is 55.0 Å². The number of carbonyl (C=O) groups excluding carboxylic acids is 5. The first-order valence-electron chi connectivity index (χ1n) is 18.3. The smallest absolute Gasteiger partial charge is 0.416 e. The number of allylic oxidation sites excluding steroid dienone is 1. The molecule has 0 radical (unpaired) electrons. The van der Waals surface area contributed by atoms with Crippen LogP contribution in [0.25, 0.3) is 0 Å². The Balaban J connectivity index is 1.25. The molecule has 0 spiro atoms. The first kappa shape index (κ1) is 39.3. The summed E-state index contributed by atoms with van der Waals surface area (Å²) in [5, 5.41) is 4.65. The van der Waals surface area contributed by atoms with Gasteiger partial charge in [0.25, 0.3) is 5.91 Å². The molecule has 1 aromatic rings. The molecule has 3 heterocycles. The highest BCUT2D eigenvalue weighted by molar-refractivity contribution is 7.91. The Hall–Kier alpha value is -4.35. The van der Waals surface area contributed by atoms with Crippen LogP contribution in [-0.4, -0.2) is 89.2 Å². The topological polar surface area (TPSA) is 181 Å². The second-order valence-corrected chi connectivity index (χ2v) is 17.7. The Kier molecular flexibility index (Phi) is 10.7. The predicted molar refractivity (Wildman–Crippen MR) is 186 cm³/mol. The molecule has 296 valence electrons. The van der Waals surface area contributed by atoms with E-state index in [2.05, 4.69) is 15.4 Å². The largest absolute Gasteiger partial charge is 0.444 e. The molecule has 3 fully saturated rings. The van der Waals surface area contributed by atoms with Crippen LogP contribution in [0.1, 0.15) is 95.2 Å². The zero-order valence-corrected chi connectivity index (χ0v) is 31.2. The summed E-state index contributed by atoms with van der Waals surface area (Å²) in [5.41, 5.74) is -3.10. The van der Waals surface area contributed by atoms with E-state index in [0.717, 1.165) is 15.9 Å². The Bertz CT molecular complexity index is 1830. The van der Waals surface area contributed by atoms with Crippen molar-refractivity contribution in [3.8, 4) is 0 Å². The second-order valence-electron chi connectivity index (χ2n) is 15.8. The molecule has 5 amide bonds. The van der Waals surface area contributed by atoms with Gasteiger partial charge in [-0.05, 0) is 76.5 Å². The molecule has 6 rings (SSSR count). The van der Waals surface area contributed by atoms with Crippen LogP contribution in [0.4, 0.5) is 22.8 Å². The van der Waals surface area contributed by atoms with Crippen molar-refractivity contribution in [1.29, 1.82) is 0 Å². The van der Waals surface area contributed by atoms with Gasteiger partial charge in [-0.3, -0.25) is 24.0 Å². The van der Waals surface area contributed by atoms with Crippen LogP contribution in [0.2, 0.25) is 0 Å². The molecule has 0 unspecified atom stereocenters. The predicted octanol–water partition coefficient (Wildman–Crippen LogP) is 4.02. The van der Waals surface area contributed by atoms with Crippen molar-refractivity contribution >= 4 is 39.9 Å². The van der Waals surface area contributed by atoms with Crippen LogP contribution in [0, 0.1) is 5.92 Å². The number of hydrogen-bond acceptors (Lipinski definition) is 9. The molecular weight excluding hydrogens is 735 g/mol. The highest BCUT2D eigenvalue weighted by atomic mass is 32.2. The van der Waals surface area contributed by atoms with Gasteiger partial charge in [0, 0.05) is 18.9 Å². The minimum absolute atomic E-state index is 0.0491. The number of alkyl halides is 3. The fourth-order valence-corrected chi connectivity index (χ4v) is 8.69. The highest BCUT2D eigenvalue weighted by Gasteiger charge is 2.62. The van der Waals surface area contributed by atoms with Crippen LogP contribution in [0.5, 0.6) is 0 Å². The number of rotatable bonds is 5. The Morgan fingerprint density at radius 3 is 2.44 bits per heavy atom. The molecule has 54 heavy (non-hydrogen) atoms. The van der Waals surface area contributed by atoms with Gasteiger partial charge in [-0.2, -0.15) is 13.2 Å². The van der Waals surface area contributed by atoms with Crippen molar-refractivity contribution in [3.63, 3.8) is 0 Å².